The lowest BCUT2D eigenvalue weighted by Gasteiger charge is -2.20. The molecule has 0 aliphatic rings. The van der Waals surface area contributed by atoms with E-state index in [0.717, 1.165) is 11.4 Å². The molecule has 1 N–H and O–H groups in total. The largest absolute Gasteiger partial charge is 0.416 e. The summed E-state index contributed by atoms with van der Waals surface area (Å²) in [6.07, 6.45) is 0. The summed E-state index contributed by atoms with van der Waals surface area (Å²) >= 11 is 1.51. The summed E-state index contributed by atoms with van der Waals surface area (Å²) in [5.74, 6) is 0.594. The fourth-order valence-electron chi connectivity index (χ4n) is 1.72. The molecule has 0 radical (unpaired) electrons. The van der Waals surface area contributed by atoms with E-state index in [1.54, 1.807) is 6.92 Å². The molecule has 0 saturated heterocycles. The summed E-state index contributed by atoms with van der Waals surface area (Å²) in [6, 6.07) is 6.45. The van der Waals surface area contributed by atoms with E-state index in [9.17, 15) is 0 Å². The molecule has 0 aliphatic carbocycles. The Morgan fingerprint density at radius 3 is 2.50 bits per heavy atom. The van der Waals surface area contributed by atoms with Gasteiger partial charge in [0.05, 0.1) is 0 Å². The molecule has 0 atom stereocenters. The standard InChI is InChI=1S/C15H21N3OS/c1-10-8-12(9-16-15(3,4)5)6-7-13(10)20-14-18-17-11(2)19-14/h6-8,16H,9H2,1-5H3. The quantitative estimate of drug-likeness (QED) is 0.930. The van der Waals surface area contributed by atoms with E-state index in [-0.39, 0.29) is 5.54 Å². The topological polar surface area (TPSA) is 51.0 Å². The number of rotatable bonds is 4. The lowest BCUT2D eigenvalue weighted by atomic mass is 10.1. The van der Waals surface area contributed by atoms with Gasteiger partial charge < -0.3 is 9.73 Å². The molecule has 0 spiro atoms. The van der Waals surface area contributed by atoms with Gasteiger partial charge in [-0.3, -0.25) is 0 Å². The first-order valence-corrected chi connectivity index (χ1v) is 7.48. The summed E-state index contributed by atoms with van der Waals surface area (Å²) < 4.78 is 5.39. The highest BCUT2D eigenvalue weighted by Crippen LogP contribution is 2.29. The van der Waals surface area contributed by atoms with Crippen LogP contribution in [0.4, 0.5) is 0 Å². The Morgan fingerprint density at radius 2 is 1.95 bits per heavy atom. The minimum atomic E-state index is 0.128. The van der Waals surface area contributed by atoms with Crippen molar-refractivity contribution < 1.29 is 4.42 Å². The van der Waals surface area contributed by atoms with Gasteiger partial charge in [0.25, 0.3) is 5.22 Å². The molecule has 0 saturated carbocycles. The zero-order chi connectivity index (χ0) is 14.8. The second kappa shape index (κ2) is 5.97. The Labute approximate surface area is 124 Å². The zero-order valence-corrected chi connectivity index (χ0v) is 13.5. The van der Waals surface area contributed by atoms with Gasteiger partial charge in [-0.05, 0) is 56.7 Å². The Kier molecular flexibility index (Phi) is 4.50. The first-order chi connectivity index (χ1) is 9.33. The first kappa shape index (κ1) is 15.1. The third kappa shape index (κ3) is 4.35. The number of aryl methyl sites for hydroxylation is 2. The second-order valence-electron chi connectivity index (χ2n) is 5.89. The Bertz CT molecular complexity index is 587. The van der Waals surface area contributed by atoms with Crippen LogP contribution in [-0.4, -0.2) is 15.7 Å². The fraction of sp³-hybridized carbons (Fsp3) is 0.467. The van der Waals surface area contributed by atoms with E-state index in [4.69, 9.17) is 4.42 Å². The van der Waals surface area contributed by atoms with Crippen LogP contribution in [0.5, 0.6) is 0 Å². The molecule has 1 heterocycles. The van der Waals surface area contributed by atoms with Crippen molar-refractivity contribution in [3.05, 3.63) is 35.2 Å². The van der Waals surface area contributed by atoms with Crippen LogP contribution in [0.1, 0.15) is 37.8 Å². The molecule has 0 amide bonds. The van der Waals surface area contributed by atoms with Crippen molar-refractivity contribution in [3.8, 4) is 0 Å². The van der Waals surface area contributed by atoms with Gasteiger partial charge in [-0.1, -0.05) is 12.1 Å². The van der Waals surface area contributed by atoms with Crippen molar-refractivity contribution in [2.24, 2.45) is 0 Å². The third-order valence-corrected chi connectivity index (χ3v) is 3.78. The van der Waals surface area contributed by atoms with Crippen LogP contribution < -0.4 is 5.32 Å². The molecule has 108 valence electrons. The van der Waals surface area contributed by atoms with Gasteiger partial charge in [-0.2, -0.15) is 0 Å². The summed E-state index contributed by atoms with van der Waals surface area (Å²) in [7, 11) is 0. The van der Waals surface area contributed by atoms with Crippen molar-refractivity contribution in [1.29, 1.82) is 0 Å². The second-order valence-corrected chi connectivity index (χ2v) is 6.89. The van der Waals surface area contributed by atoms with Crippen LogP contribution in [0.25, 0.3) is 0 Å². The van der Waals surface area contributed by atoms with Crippen molar-refractivity contribution in [2.45, 2.75) is 56.8 Å². The molecule has 0 fully saturated rings. The van der Waals surface area contributed by atoms with E-state index in [1.807, 2.05) is 0 Å². The van der Waals surface area contributed by atoms with Crippen LogP contribution in [0.2, 0.25) is 0 Å². The molecule has 20 heavy (non-hydrogen) atoms. The average molecular weight is 291 g/mol. The molecule has 0 bridgehead atoms. The summed E-state index contributed by atoms with van der Waals surface area (Å²) in [4.78, 5) is 1.15. The first-order valence-electron chi connectivity index (χ1n) is 6.66. The predicted octanol–water partition coefficient (Wildman–Crippen LogP) is 3.73. The van der Waals surface area contributed by atoms with Crippen molar-refractivity contribution in [2.75, 3.05) is 0 Å². The van der Waals surface area contributed by atoms with Gasteiger partial charge in [0.15, 0.2) is 0 Å². The van der Waals surface area contributed by atoms with Crippen LogP contribution in [0.3, 0.4) is 0 Å². The molecule has 1 aromatic carbocycles. The molecule has 2 aromatic rings. The maximum absolute atomic E-state index is 5.39. The lowest BCUT2D eigenvalue weighted by molar-refractivity contribution is 0.424. The van der Waals surface area contributed by atoms with E-state index in [0.29, 0.717) is 11.1 Å². The maximum Gasteiger partial charge on any atom is 0.281 e. The van der Waals surface area contributed by atoms with Crippen LogP contribution >= 0.6 is 11.8 Å². The molecule has 5 heteroatoms. The number of aromatic nitrogens is 2. The van der Waals surface area contributed by atoms with E-state index < -0.39 is 0 Å². The number of nitrogens with zero attached hydrogens (tertiary/aromatic N) is 2. The molecule has 4 nitrogen and oxygen atoms in total. The van der Waals surface area contributed by atoms with Gasteiger partial charge in [0.2, 0.25) is 5.89 Å². The minimum absolute atomic E-state index is 0.128. The van der Waals surface area contributed by atoms with Crippen LogP contribution in [-0.2, 0) is 6.54 Å². The molecule has 1 aromatic heterocycles. The smallest absolute Gasteiger partial charge is 0.281 e. The molecular formula is C15H21N3OS. The van der Waals surface area contributed by atoms with E-state index in [2.05, 4.69) is 61.4 Å². The highest BCUT2D eigenvalue weighted by Gasteiger charge is 2.10. The predicted molar refractivity (Wildman–Crippen MR) is 80.9 cm³/mol. The van der Waals surface area contributed by atoms with Crippen molar-refractivity contribution in [1.82, 2.24) is 15.5 Å². The van der Waals surface area contributed by atoms with Gasteiger partial charge in [0, 0.05) is 23.9 Å². The minimum Gasteiger partial charge on any atom is -0.416 e. The SMILES string of the molecule is Cc1nnc(Sc2ccc(CNC(C)(C)C)cc2C)o1. The Morgan fingerprint density at radius 1 is 1.20 bits per heavy atom. The number of benzene rings is 1. The monoisotopic (exact) mass is 291 g/mol. The van der Waals surface area contributed by atoms with E-state index in [1.165, 1.54) is 22.9 Å². The zero-order valence-electron chi connectivity index (χ0n) is 12.7. The fourth-order valence-corrected chi connectivity index (χ4v) is 2.50. The van der Waals surface area contributed by atoms with Gasteiger partial charge >= 0.3 is 0 Å². The Hall–Kier alpha value is -1.33. The summed E-state index contributed by atoms with van der Waals surface area (Å²) in [5, 5.41) is 11.9. The van der Waals surface area contributed by atoms with Gasteiger partial charge in [-0.25, -0.2) is 0 Å². The molecule has 2 rings (SSSR count). The average Bonchev–Trinajstić information content (AvgIpc) is 2.74. The number of hydrogen-bond acceptors (Lipinski definition) is 5. The lowest BCUT2D eigenvalue weighted by Crippen LogP contribution is -2.35. The molecular weight excluding hydrogens is 270 g/mol. The third-order valence-electron chi connectivity index (χ3n) is 2.77. The molecule has 0 unspecified atom stereocenters. The summed E-state index contributed by atoms with van der Waals surface area (Å²) in [5.41, 5.74) is 2.63. The highest BCUT2D eigenvalue weighted by molar-refractivity contribution is 7.99. The summed E-state index contributed by atoms with van der Waals surface area (Å²) in [6.45, 7) is 11.3. The maximum atomic E-state index is 5.39. The van der Waals surface area contributed by atoms with Crippen molar-refractivity contribution >= 4 is 11.8 Å². The molecule has 0 aliphatic heterocycles. The van der Waals surface area contributed by atoms with Gasteiger partial charge in [0.1, 0.15) is 0 Å². The van der Waals surface area contributed by atoms with E-state index >= 15 is 0 Å². The van der Waals surface area contributed by atoms with Crippen LogP contribution in [0.15, 0.2) is 32.7 Å². The normalized spacial score (nSPS) is 11.8. The van der Waals surface area contributed by atoms with Gasteiger partial charge in [-0.15, -0.1) is 10.2 Å². The highest BCUT2D eigenvalue weighted by atomic mass is 32.2. The number of nitrogens with one attached hydrogen (secondary N) is 1. The number of hydrogen-bond donors (Lipinski definition) is 1. The van der Waals surface area contributed by atoms with Crippen molar-refractivity contribution in [3.63, 3.8) is 0 Å². The van der Waals surface area contributed by atoms with Crippen LogP contribution in [0, 0.1) is 13.8 Å². The Balaban J connectivity index is 2.06.